The topological polar surface area (TPSA) is 55.6 Å². The largest absolute Gasteiger partial charge is 0.461 e. The van der Waals surface area contributed by atoms with Crippen LogP contribution in [0.3, 0.4) is 0 Å². The first kappa shape index (κ1) is 12.5. The van der Waals surface area contributed by atoms with E-state index < -0.39 is 0 Å². The van der Waals surface area contributed by atoms with Crippen LogP contribution in [0.1, 0.15) is 15.9 Å². The fraction of sp³-hybridized carbons (Fsp3) is 0.417. The van der Waals surface area contributed by atoms with Gasteiger partial charge in [-0.1, -0.05) is 6.07 Å². The quantitative estimate of drug-likeness (QED) is 0.616. The number of hydrogen-bond acceptors (Lipinski definition) is 4. The molecule has 0 unspecified atom stereocenters. The molecular formula is C12H18N2O2. The van der Waals surface area contributed by atoms with Gasteiger partial charge in [0, 0.05) is 12.2 Å². The molecule has 0 radical (unpaired) electrons. The lowest BCUT2D eigenvalue weighted by molar-refractivity contribution is 0.0482. The van der Waals surface area contributed by atoms with E-state index >= 15 is 0 Å². The van der Waals surface area contributed by atoms with Gasteiger partial charge in [-0.2, -0.15) is 0 Å². The molecule has 0 saturated carbocycles. The van der Waals surface area contributed by atoms with Crippen molar-refractivity contribution in [2.45, 2.75) is 6.92 Å². The molecule has 0 aliphatic rings. The van der Waals surface area contributed by atoms with Crippen LogP contribution >= 0.6 is 0 Å². The average molecular weight is 222 g/mol. The fourth-order valence-electron chi connectivity index (χ4n) is 1.17. The smallest absolute Gasteiger partial charge is 0.338 e. The van der Waals surface area contributed by atoms with E-state index in [2.05, 4.69) is 0 Å². The van der Waals surface area contributed by atoms with Crippen molar-refractivity contribution in [1.82, 2.24) is 4.90 Å². The van der Waals surface area contributed by atoms with E-state index in [9.17, 15) is 4.79 Å². The summed E-state index contributed by atoms with van der Waals surface area (Å²) >= 11 is 0. The van der Waals surface area contributed by atoms with Crippen LogP contribution in [0.5, 0.6) is 0 Å². The molecule has 0 heterocycles. The number of ether oxygens (including phenoxy) is 1. The standard InChI is InChI=1S/C12H18N2O2/c1-9-4-5-10(8-11(9)13)12(15)16-7-6-14(2)3/h4-5,8H,6-7,13H2,1-3H3. The van der Waals surface area contributed by atoms with Gasteiger partial charge in [-0.05, 0) is 38.7 Å². The Morgan fingerprint density at radius 1 is 1.44 bits per heavy atom. The number of rotatable bonds is 4. The molecule has 0 aliphatic heterocycles. The highest BCUT2D eigenvalue weighted by atomic mass is 16.5. The lowest BCUT2D eigenvalue weighted by Gasteiger charge is -2.10. The minimum Gasteiger partial charge on any atom is -0.461 e. The molecule has 16 heavy (non-hydrogen) atoms. The number of esters is 1. The molecule has 0 saturated heterocycles. The van der Waals surface area contributed by atoms with Crippen LogP contribution in [0, 0.1) is 6.92 Å². The van der Waals surface area contributed by atoms with E-state index in [0.717, 1.165) is 5.56 Å². The van der Waals surface area contributed by atoms with Crippen LogP contribution in [0.4, 0.5) is 5.69 Å². The lowest BCUT2D eigenvalue weighted by atomic mass is 10.1. The van der Waals surface area contributed by atoms with Crippen LogP contribution in [0.2, 0.25) is 0 Å². The second-order valence-corrected chi connectivity index (χ2v) is 4.01. The van der Waals surface area contributed by atoms with Crippen molar-refractivity contribution in [3.05, 3.63) is 29.3 Å². The van der Waals surface area contributed by atoms with Gasteiger partial charge in [0.05, 0.1) is 5.56 Å². The van der Waals surface area contributed by atoms with Gasteiger partial charge in [-0.3, -0.25) is 0 Å². The first-order valence-electron chi connectivity index (χ1n) is 5.18. The molecule has 88 valence electrons. The maximum absolute atomic E-state index is 11.6. The molecule has 0 spiro atoms. The number of hydrogen-bond donors (Lipinski definition) is 1. The van der Waals surface area contributed by atoms with Gasteiger partial charge in [-0.15, -0.1) is 0 Å². The number of benzene rings is 1. The summed E-state index contributed by atoms with van der Waals surface area (Å²) < 4.78 is 5.10. The predicted molar refractivity (Wildman–Crippen MR) is 64.4 cm³/mol. The summed E-state index contributed by atoms with van der Waals surface area (Å²) in [5.41, 5.74) is 7.80. The fourth-order valence-corrected chi connectivity index (χ4v) is 1.17. The molecule has 0 atom stereocenters. The highest BCUT2D eigenvalue weighted by Gasteiger charge is 2.08. The molecule has 2 N–H and O–H groups in total. The van der Waals surface area contributed by atoms with Crippen molar-refractivity contribution >= 4 is 11.7 Å². The van der Waals surface area contributed by atoms with Gasteiger partial charge < -0.3 is 15.4 Å². The molecule has 1 aromatic rings. The first-order chi connectivity index (χ1) is 7.50. The second kappa shape index (κ2) is 5.51. The van der Waals surface area contributed by atoms with E-state index in [0.29, 0.717) is 24.4 Å². The van der Waals surface area contributed by atoms with Gasteiger partial charge in [0.1, 0.15) is 6.61 Å². The second-order valence-electron chi connectivity index (χ2n) is 4.01. The molecule has 0 fully saturated rings. The summed E-state index contributed by atoms with van der Waals surface area (Å²) in [6.07, 6.45) is 0. The zero-order valence-corrected chi connectivity index (χ0v) is 9.99. The summed E-state index contributed by atoms with van der Waals surface area (Å²) in [6, 6.07) is 5.19. The normalized spacial score (nSPS) is 10.5. The SMILES string of the molecule is Cc1ccc(C(=O)OCCN(C)C)cc1N. The number of aryl methyl sites for hydroxylation is 1. The van der Waals surface area contributed by atoms with Gasteiger partial charge in [0.2, 0.25) is 0 Å². The van der Waals surface area contributed by atoms with Gasteiger partial charge in [0.15, 0.2) is 0 Å². The van der Waals surface area contributed by atoms with Gasteiger partial charge in [0.25, 0.3) is 0 Å². The monoisotopic (exact) mass is 222 g/mol. The molecule has 4 nitrogen and oxygen atoms in total. The summed E-state index contributed by atoms with van der Waals surface area (Å²) in [4.78, 5) is 13.5. The summed E-state index contributed by atoms with van der Waals surface area (Å²) in [5.74, 6) is -0.325. The van der Waals surface area contributed by atoms with Crippen LogP contribution in [0.15, 0.2) is 18.2 Å². The summed E-state index contributed by atoms with van der Waals surface area (Å²) in [7, 11) is 3.86. The molecule has 0 aromatic heterocycles. The Hall–Kier alpha value is -1.55. The maximum atomic E-state index is 11.6. The lowest BCUT2D eigenvalue weighted by Crippen LogP contribution is -2.20. The molecular weight excluding hydrogens is 204 g/mol. The Kier molecular flexibility index (Phi) is 4.31. The number of likely N-dealkylation sites (N-methyl/N-ethyl adjacent to an activating group) is 1. The maximum Gasteiger partial charge on any atom is 0.338 e. The van der Waals surface area contributed by atoms with E-state index in [-0.39, 0.29) is 5.97 Å². The highest BCUT2D eigenvalue weighted by Crippen LogP contribution is 2.13. The Labute approximate surface area is 96.0 Å². The van der Waals surface area contributed by atoms with E-state index in [4.69, 9.17) is 10.5 Å². The van der Waals surface area contributed by atoms with Gasteiger partial charge >= 0.3 is 5.97 Å². The minimum atomic E-state index is -0.325. The average Bonchev–Trinajstić information content (AvgIpc) is 2.21. The molecule has 0 amide bonds. The van der Waals surface area contributed by atoms with Crippen molar-refractivity contribution < 1.29 is 9.53 Å². The van der Waals surface area contributed by atoms with Crippen molar-refractivity contribution in [2.24, 2.45) is 0 Å². The third-order valence-electron chi connectivity index (χ3n) is 2.29. The summed E-state index contributed by atoms with van der Waals surface area (Å²) in [6.45, 7) is 3.00. The predicted octanol–water partition coefficient (Wildman–Crippen LogP) is 1.30. The van der Waals surface area contributed by atoms with Crippen LogP contribution in [-0.4, -0.2) is 38.1 Å². The van der Waals surface area contributed by atoms with Crippen molar-refractivity contribution in [2.75, 3.05) is 33.0 Å². The Balaban J connectivity index is 2.56. The summed E-state index contributed by atoms with van der Waals surface area (Å²) in [5, 5.41) is 0. The van der Waals surface area contributed by atoms with Gasteiger partial charge in [-0.25, -0.2) is 4.79 Å². The van der Waals surface area contributed by atoms with E-state index in [1.165, 1.54) is 0 Å². The zero-order chi connectivity index (χ0) is 12.1. The number of anilines is 1. The highest BCUT2D eigenvalue weighted by molar-refractivity contribution is 5.90. The third kappa shape index (κ3) is 3.55. The third-order valence-corrected chi connectivity index (χ3v) is 2.29. The minimum absolute atomic E-state index is 0.325. The number of carbonyl (C=O) groups is 1. The number of nitrogens with two attached hydrogens (primary N) is 1. The van der Waals surface area contributed by atoms with Crippen LogP contribution in [-0.2, 0) is 4.74 Å². The number of nitrogens with zero attached hydrogens (tertiary/aromatic N) is 1. The van der Waals surface area contributed by atoms with E-state index in [1.807, 2.05) is 32.0 Å². The van der Waals surface area contributed by atoms with Crippen molar-refractivity contribution in [3.8, 4) is 0 Å². The number of nitrogen functional groups attached to an aromatic ring is 1. The molecule has 0 bridgehead atoms. The van der Waals surface area contributed by atoms with Crippen molar-refractivity contribution in [3.63, 3.8) is 0 Å². The Morgan fingerprint density at radius 2 is 2.12 bits per heavy atom. The molecule has 4 heteroatoms. The van der Waals surface area contributed by atoms with Crippen molar-refractivity contribution in [1.29, 1.82) is 0 Å². The number of carbonyl (C=O) groups excluding carboxylic acids is 1. The molecule has 1 aromatic carbocycles. The zero-order valence-electron chi connectivity index (χ0n) is 9.99. The molecule has 1 rings (SSSR count). The van der Waals surface area contributed by atoms with Crippen LogP contribution in [0.25, 0.3) is 0 Å². The Bertz CT molecular complexity index is 375. The van der Waals surface area contributed by atoms with Crippen LogP contribution < -0.4 is 5.73 Å². The molecule has 0 aliphatic carbocycles. The van der Waals surface area contributed by atoms with E-state index in [1.54, 1.807) is 12.1 Å². The Morgan fingerprint density at radius 3 is 2.69 bits per heavy atom. The first-order valence-corrected chi connectivity index (χ1v) is 5.18.